The summed E-state index contributed by atoms with van der Waals surface area (Å²) in [6, 6.07) is 4.60. The van der Waals surface area contributed by atoms with Crippen LogP contribution in [0.3, 0.4) is 0 Å². The highest BCUT2D eigenvalue weighted by atomic mass is 19.4. The molecule has 0 unspecified atom stereocenters. The Hall–Kier alpha value is -2.45. The molecule has 1 heterocycles. The molecule has 0 radical (unpaired) electrons. The molecule has 1 saturated heterocycles. The second-order valence-corrected chi connectivity index (χ2v) is 5.39. The van der Waals surface area contributed by atoms with Crippen molar-refractivity contribution in [1.82, 2.24) is 10.2 Å². The molecule has 0 aliphatic carbocycles. The van der Waals surface area contributed by atoms with E-state index in [9.17, 15) is 22.8 Å². The average molecular weight is 345 g/mol. The van der Waals surface area contributed by atoms with Gasteiger partial charge < -0.3 is 20.2 Å². The number of hydrogen-bond donors (Lipinski definition) is 2. The fourth-order valence-corrected chi connectivity index (χ4v) is 2.42. The number of urea groups is 1. The number of anilines is 1. The maximum Gasteiger partial charge on any atom is 0.416 e. The molecule has 24 heavy (non-hydrogen) atoms. The second kappa shape index (κ2) is 7.41. The van der Waals surface area contributed by atoms with E-state index in [0.717, 1.165) is 12.1 Å². The lowest BCUT2D eigenvalue weighted by Crippen LogP contribution is -2.52. The van der Waals surface area contributed by atoms with Crippen LogP contribution in [0.15, 0.2) is 24.3 Å². The third kappa shape index (κ3) is 4.77. The summed E-state index contributed by atoms with van der Waals surface area (Å²) >= 11 is 0. The molecule has 1 fully saturated rings. The minimum atomic E-state index is -4.36. The number of benzene rings is 1. The molecule has 0 bridgehead atoms. The molecule has 0 atom stereocenters. The molecule has 1 aliphatic heterocycles. The van der Waals surface area contributed by atoms with E-state index in [-0.39, 0.29) is 19.0 Å². The van der Waals surface area contributed by atoms with E-state index in [2.05, 4.69) is 5.32 Å². The Labute approximate surface area is 136 Å². The van der Waals surface area contributed by atoms with Gasteiger partial charge in [0.2, 0.25) is 0 Å². The summed E-state index contributed by atoms with van der Waals surface area (Å²) in [6.45, 7) is 1.89. The third-order valence-electron chi connectivity index (χ3n) is 3.74. The van der Waals surface area contributed by atoms with Crippen LogP contribution in [-0.4, -0.2) is 54.7 Å². The summed E-state index contributed by atoms with van der Waals surface area (Å²) in [5.41, 5.74) is -0.0170. The largest absolute Gasteiger partial charge is 0.481 e. The average Bonchev–Trinajstić information content (AvgIpc) is 2.54. The van der Waals surface area contributed by atoms with Crippen molar-refractivity contribution in [3.8, 4) is 0 Å². The van der Waals surface area contributed by atoms with Crippen LogP contribution in [-0.2, 0) is 11.0 Å². The molecule has 2 N–H and O–H groups in total. The molecule has 1 aromatic rings. The summed E-state index contributed by atoms with van der Waals surface area (Å²) in [7, 11) is 0. The highest BCUT2D eigenvalue weighted by Crippen LogP contribution is 2.30. The van der Waals surface area contributed by atoms with E-state index >= 15 is 0 Å². The summed E-state index contributed by atoms with van der Waals surface area (Å²) in [5, 5.41) is 11.1. The number of piperazine rings is 1. The topological polar surface area (TPSA) is 72.9 Å². The molecule has 2 rings (SSSR count). The Bertz CT molecular complexity index is 582. The van der Waals surface area contributed by atoms with E-state index in [1.54, 1.807) is 4.90 Å². The zero-order valence-corrected chi connectivity index (χ0v) is 12.8. The van der Waals surface area contributed by atoms with E-state index < -0.39 is 17.7 Å². The Balaban J connectivity index is 1.84. The number of hydrogen-bond acceptors (Lipinski definition) is 3. The molecule has 2 amide bonds. The fraction of sp³-hybridized carbons (Fsp3) is 0.467. The Kier molecular flexibility index (Phi) is 5.53. The van der Waals surface area contributed by atoms with E-state index in [4.69, 9.17) is 5.11 Å². The monoisotopic (exact) mass is 345 g/mol. The van der Waals surface area contributed by atoms with Crippen LogP contribution in [0.4, 0.5) is 23.7 Å². The Morgan fingerprint density at radius 1 is 1.08 bits per heavy atom. The highest BCUT2D eigenvalue weighted by molar-refractivity contribution is 5.75. The molecule has 6 nitrogen and oxygen atoms in total. The maximum atomic E-state index is 12.6. The van der Waals surface area contributed by atoms with Crippen LogP contribution in [0.25, 0.3) is 0 Å². The van der Waals surface area contributed by atoms with E-state index in [0.29, 0.717) is 31.9 Å². The van der Waals surface area contributed by atoms with Crippen molar-refractivity contribution < 1.29 is 27.9 Å². The van der Waals surface area contributed by atoms with Gasteiger partial charge in [-0.1, -0.05) is 0 Å². The minimum Gasteiger partial charge on any atom is -0.481 e. The van der Waals surface area contributed by atoms with Crippen LogP contribution in [0.2, 0.25) is 0 Å². The number of rotatable bonds is 4. The highest BCUT2D eigenvalue weighted by Gasteiger charge is 2.30. The molecule has 0 aromatic heterocycles. The summed E-state index contributed by atoms with van der Waals surface area (Å²) in [4.78, 5) is 25.7. The van der Waals surface area contributed by atoms with Crippen molar-refractivity contribution in [1.29, 1.82) is 0 Å². The van der Waals surface area contributed by atoms with E-state index in [1.165, 1.54) is 12.1 Å². The summed E-state index contributed by atoms with van der Waals surface area (Å²) < 4.78 is 37.7. The van der Waals surface area contributed by atoms with Gasteiger partial charge in [0.25, 0.3) is 0 Å². The van der Waals surface area contributed by atoms with Gasteiger partial charge in [-0.3, -0.25) is 4.79 Å². The number of nitrogens with zero attached hydrogens (tertiary/aromatic N) is 2. The van der Waals surface area contributed by atoms with Gasteiger partial charge in [0.1, 0.15) is 0 Å². The van der Waals surface area contributed by atoms with Crippen molar-refractivity contribution in [3.05, 3.63) is 29.8 Å². The van der Waals surface area contributed by atoms with Gasteiger partial charge in [0.15, 0.2) is 0 Å². The van der Waals surface area contributed by atoms with Crippen LogP contribution in [0.1, 0.15) is 12.0 Å². The normalized spacial score (nSPS) is 15.3. The van der Waals surface area contributed by atoms with Crippen molar-refractivity contribution >= 4 is 17.7 Å². The lowest BCUT2D eigenvalue weighted by molar-refractivity contribution is -0.138. The molecule has 0 spiro atoms. The first-order valence-corrected chi connectivity index (χ1v) is 7.44. The van der Waals surface area contributed by atoms with Gasteiger partial charge >= 0.3 is 18.2 Å². The maximum absolute atomic E-state index is 12.6. The first kappa shape index (κ1) is 17.9. The number of carboxylic acids is 1. The number of aliphatic carboxylic acids is 1. The number of carboxylic acid groups (broad SMARTS) is 1. The summed E-state index contributed by atoms with van der Waals surface area (Å²) in [5.74, 6) is -0.984. The smallest absolute Gasteiger partial charge is 0.416 e. The van der Waals surface area contributed by atoms with Crippen LogP contribution in [0.5, 0.6) is 0 Å². The SMILES string of the molecule is O=C(O)CCNC(=O)N1CCN(c2ccc(C(F)(F)F)cc2)CC1. The van der Waals surface area contributed by atoms with Crippen LogP contribution >= 0.6 is 0 Å². The Morgan fingerprint density at radius 2 is 1.67 bits per heavy atom. The predicted octanol–water partition coefficient (Wildman–Crippen LogP) is 2.01. The molecule has 1 aliphatic rings. The molecular formula is C15H18F3N3O3. The van der Waals surface area contributed by atoms with Gasteiger partial charge in [-0.25, -0.2) is 4.79 Å². The molecule has 9 heteroatoms. The number of halogens is 3. The lowest BCUT2D eigenvalue weighted by Gasteiger charge is -2.36. The van der Waals surface area contributed by atoms with Crippen molar-refractivity contribution in [2.75, 3.05) is 37.6 Å². The Morgan fingerprint density at radius 3 is 2.17 bits per heavy atom. The number of carbonyl (C=O) groups is 2. The van der Waals surface area contributed by atoms with Gasteiger partial charge in [-0.2, -0.15) is 13.2 Å². The van der Waals surface area contributed by atoms with E-state index in [1.807, 2.05) is 4.90 Å². The molecule has 132 valence electrons. The quantitative estimate of drug-likeness (QED) is 0.876. The lowest BCUT2D eigenvalue weighted by atomic mass is 10.1. The van der Waals surface area contributed by atoms with Crippen molar-refractivity contribution in [2.24, 2.45) is 0 Å². The van der Waals surface area contributed by atoms with Gasteiger partial charge in [0, 0.05) is 38.4 Å². The molecule has 1 aromatic carbocycles. The van der Waals surface area contributed by atoms with Gasteiger partial charge in [0.05, 0.1) is 12.0 Å². The number of nitrogens with one attached hydrogen (secondary N) is 1. The zero-order valence-electron chi connectivity index (χ0n) is 12.8. The number of carbonyl (C=O) groups excluding carboxylic acids is 1. The number of amides is 2. The minimum absolute atomic E-state index is 0.0628. The van der Waals surface area contributed by atoms with Gasteiger partial charge in [-0.15, -0.1) is 0 Å². The predicted molar refractivity (Wildman–Crippen MR) is 80.9 cm³/mol. The standard InChI is InChI=1S/C15H18F3N3O3/c16-15(17,18)11-1-3-12(4-2-11)20-7-9-21(10-8-20)14(24)19-6-5-13(22)23/h1-4H,5-10H2,(H,19,24)(H,22,23). The first-order valence-electron chi connectivity index (χ1n) is 7.44. The fourth-order valence-electron chi connectivity index (χ4n) is 2.42. The first-order chi connectivity index (χ1) is 11.3. The van der Waals surface area contributed by atoms with Crippen molar-refractivity contribution in [2.45, 2.75) is 12.6 Å². The van der Waals surface area contributed by atoms with Crippen LogP contribution in [0, 0.1) is 0 Å². The van der Waals surface area contributed by atoms with Crippen molar-refractivity contribution in [3.63, 3.8) is 0 Å². The molecule has 0 saturated carbocycles. The molecular weight excluding hydrogens is 327 g/mol. The van der Waals surface area contributed by atoms with Gasteiger partial charge in [-0.05, 0) is 24.3 Å². The third-order valence-corrected chi connectivity index (χ3v) is 3.74. The zero-order chi connectivity index (χ0) is 17.7. The van der Waals surface area contributed by atoms with Crippen LogP contribution < -0.4 is 10.2 Å². The number of alkyl halides is 3. The second-order valence-electron chi connectivity index (χ2n) is 5.39. The summed E-state index contributed by atoms with van der Waals surface area (Å²) in [6.07, 6.45) is -4.50.